The van der Waals surface area contributed by atoms with Gasteiger partial charge in [0.1, 0.15) is 11.9 Å². The van der Waals surface area contributed by atoms with Crippen LogP contribution in [0.2, 0.25) is 0 Å². The molecule has 4 heteroatoms. The standard InChI is InChI=1S/C13H17FN2O/c1-3-4-5-15-12-9-6-8(2)7-10(14)11(9)16-13(12)17/h6-7,12,15H,3-5H2,1-2H3,(H,16,17). The highest BCUT2D eigenvalue weighted by molar-refractivity contribution is 6.02. The van der Waals surface area contributed by atoms with Crippen LogP contribution in [0.5, 0.6) is 0 Å². The van der Waals surface area contributed by atoms with E-state index in [2.05, 4.69) is 17.6 Å². The summed E-state index contributed by atoms with van der Waals surface area (Å²) in [5.41, 5.74) is 1.89. The Bertz CT molecular complexity index is 445. The predicted octanol–water partition coefficient (Wildman–Crippen LogP) is 2.52. The van der Waals surface area contributed by atoms with Gasteiger partial charge in [-0.15, -0.1) is 0 Å². The number of unbranched alkanes of at least 4 members (excludes halogenated alkanes) is 1. The van der Waals surface area contributed by atoms with Crippen LogP contribution >= 0.6 is 0 Å². The van der Waals surface area contributed by atoms with E-state index >= 15 is 0 Å². The number of hydrogen-bond acceptors (Lipinski definition) is 2. The molecule has 0 radical (unpaired) electrons. The molecule has 1 unspecified atom stereocenters. The van der Waals surface area contributed by atoms with Gasteiger partial charge < -0.3 is 10.6 Å². The molecule has 0 bridgehead atoms. The average Bonchev–Trinajstić information content (AvgIpc) is 2.57. The number of amides is 1. The maximum absolute atomic E-state index is 13.6. The number of halogens is 1. The third-order valence-corrected chi connectivity index (χ3v) is 2.97. The lowest BCUT2D eigenvalue weighted by atomic mass is 10.0. The van der Waals surface area contributed by atoms with Crippen molar-refractivity contribution in [1.29, 1.82) is 0 Å². The van der Waals surface area contributed by atoms with Crippen molar-refractivity contribution in [2.45, 2.75) is 32.7 Å². The monoisotopic (exact) mass is 236 g/mol. The van der Waals surface area contributed by atoms with Crippen molar-refractivity contribution < 1.29 is 9.18 Å². The fourth-order valence-corrected chi connectivity index (χ4v) is 2.09. The first-order valence-electron chi connectivity index (χ1n) is 5.97. The van der Waals surface area contributed by atoms with Crippen molar-refractivity contribution >= 4 is 11.6 Å². The zero-order valence-corrected chi connectivity index (χ0v) is 10.1. The van der Waals surface area contributed by atoms with Crippen LogP contribution < -0.4 is 10.6 Å². The second-order valence-corrected chi connectivity index (χ2v) is 4.44. The van der Waals surface area contributed by atoms with E-state index in [-0.39, 0.29) is 11.7 Å². The van der Waals surface area contributed by atoms with Crippen molar-refractivity contribution in [3.05, 3.63) is 29.1 Å². The fourth-order valence-electron chi connectivity index (χ4n) is 2.09. The van der Waals surface area contributed by atoms with Gasteiger partial charge >= 0.3 is 0 Å². The number of nitrogens with one attached hydrogen (secondary N) is 2. The number of hydrogen-bond donors (Lipinski definition) is 2. The Kier molecular flexibility index (Phi) is 3.43. The highest BCUT2D eigenvalue weighted by atomic mass is 19.1. The lowest BCUT2D eigenvalue weighted by molar-refractivity contribution is -0.117. The number of carbonyl (C=O) groups excluding carboxylic acids is 1. The van der Waals surface area contributed by atoms with Crippen LogP contribution in [0, 0.1) is 12.7 Å². The summed E-state index contributed by atoms with van der Waals surface area (Å²) in [6, 6.07) is 2.89. The molecule has 1 amide bonds. The molecule has 1 heterocycles. The number of anilines is 1. The van der Waals surface area contributed by atoms with E-state index in [1.165, 1.54) is 6.07 Å². The van der Waals surface area contributed by atoms with Crippen LogP contribution in [-0.2, 0) is 4.79 Å². The fraction of sp³-hybridized carbons (Fsp3) is 0.462. The molecule has 0 aromatic heterocycles. The minimum Gasteiger partial charge on any atom is -0.322 e. The first-order chi connectivity index (χ1) is 8.13. The van der Waals surface area contributed by atoms with Crippen molar-refractivity contribution in [3.63, 3.8) is 0 Å². The van der Waals surface area contributed by atoms with Gasteiger partial charge in [0.05, 0.1) is 5.69 Å². The second-order valence-electron chi connectivity index (χ2n) is 4.44. The Hall–Kier alpha value is -1.42. The minimum absolute atomic E-state index is 0.166. The maximum Gasteiger partial charge on any atom is 0.246 e. The molecule has 2 N–H and O–H groups in total. The van der Waals surface area contributed by atoms with Crippen molar-refractivity contribution in [3.8, 4) is 0 Å². The summed E-state index contributed by atoms with van der Waals surface area (Å²) in [6.45, 7) is 4.69. The van der Waals surface area contributed by atoms with Gasteiger partial charge in [0.2, 0.25) is 5.91 Å². The van der Waals surface area contributed by atoms with Gasteiger partial charge in [-0.2, -0.15) is 0 Å². The summed E-state index contributed by atoms with van der Waals surface area (Å²) in [4.78, 5) is 11.7. The zero-order valence-electron chi connectivity index (χ0n) is 10.1. The van der Waals surface area contributed by atoms with Gasteiger partial charge in [0.15, 0.2) is 0 Å². The van der Waals surface area contributed by atoms with E-state index in [9.17, 15) is 9.18 Å². The number of aryl methyl sites for hydroxylation is 1. The molecule has 1 aromatic carbocycles. The van der Waals surface area contributed by atoms with Gasteiger partial charge in [-0.3, -0.25) is 4.79 Å². The summed E-state index contributed by atoms with van der Waals surface area (Å²) in [6.07, 6.45) is 2.07. The Labute approximate surface area is 100 Å². The predicted molar refractivity (Wildman–Crippen MR) is 65.4 cm³/mol. The third-order valence-electron chi connectivity index (χ3n) is 2.97. The molecule has 0 aliphatic carbocycles. The number of carbonyl (C=O) groups is 1. The minimum atomic E-state index is -0.411. The van der Waals surface area contributed by atoms with E-state index in [1.54, 1.807) is 0 Å². The van der Waals surface area contributed by atoms with Crippen LogP contribution in [-0.4, -0.2) is 12.5 Å². The molecule has 17 heavy (non-hydrogen) atoms. The quantitative estimate of drug-likeness (QED) is 0.789. The van der Waals surface area contributed by atoms with E-state index in [1.807, 2.05) is 13.0 Å². The third kappa shape index (κ3) is 2.31. The summed E-state index contributed by atoms with van der Waals surface area (Å²) in [5, 5.41) is 5.76. The maximum atomic E-state index is 13.6. The topological polar surface area (TPSA) is 41.1 Å². The molecule has 92 valence electrons. The van der Waals surface area contributed by atoms with Crippen molar-refractivity contribution in [2.24, 2.45) is 0 Å². The van der Waals surface area contributed by atoms with Crippen LogP contribution in [0.15, 0.2) is 12.1 Å². The van der Waals surface area contributed by atoms with Crippen molar-refractivity contribution in [1.82, 2.24) is 5.32 Å². The molecule has 0 saturated carbocycles. The van der Waals surface area contributed by atoms with E-state index in [4.69, 9.17) is 0 Å². The summed E-state index contributed by atoms with van der Waals surface area (Å²) in [7, 11) is 0. The number of benzene rings is 1. The van der Waals surface area contributed by atoms with Crippen LogP contribution in [0.4, 0.5) is 10.1 Å². The van der Waals surface area contributed by atoms with Gasteiger partial charge in [-0.05, 0) is 31.5 Å². The smallest absolute Gasteiger partial charge is 0.246 e. The Morgan fingerprint density at radius 1 is 1.47 bits per heavy atom. The summed E-state index contributed by atoms with van der Waals surface area (Å²) >= 11 is 0. The molecule has 0 saturated heterocycles. The normalized spacial score (nSPS) is 18.1. The largest absolute Gasteiger partial charge is 0.322 e. The zero-order chi connectivity index (χ0) is 12.4. The van der Waals surface area contributed by atoms with Crippen molar-refractivity contribution in [2.75, 3.05) is 11.9 Å². The first-order valence-corrected chi connectivity index (χ1v) is 5.97. The Morgan fingerprint density at radius 3 is 2.94 bits per heavy atom. The van der Waals surface area contributed by atoms with Gasteiger partial charge in [0.25, 0.3) is 0 Å². The highest BCUT2D eigenvalue weighted by Gasteiger charge is 2.32. The molecule has 1 atom stereocenters. The van der Waals surface area contributed by atoms with Crippen LogP contribution in [0.3, 0.4) is 0 Å². The molecular weight excluding hydrogens is 219 g/mol. The van der Waals surface area contributed by atoms with Crippen LogP contribution in [0.1, 0.15) is 36.9 Å². The molecule has 1 aliphatic heterocycles. The van der Waals surface area contributed by atoms with E-state index in [0.29, 0.717) is 5.69 Å². The van der Waals surface area contributed by atoms with Gasteiger partial charge in [-0.25, -0.2) is 4.39 Å². The SMILES string of the molecule is CCCCNC1C(=O)Nc2c(F)cc(C)cc21. The molecule has 1 aromatic rings. The van der Waals surface area contributed by atoms with Crippen LogP contribution in [0.25, 0.3) is 0 Å². The number of rotatable bonds is 4. The average molecular weight is 236 g/mol. The molecule has 2 rings (SSSR count). The lowest BCUT2D eigenvalue weighted by Crippen LogP contribution is -2.28. The Balaban J connectivity index is 2.23. The molecule has 0 fully saturated rings. The summed E-state index contributed by atoms with van der Waals surface area (Å²) in [5.74, 6) is -0.520. The molecule has 0 spiro atoms. The summed E-state index contributed by atoms with van der Waals surface area (Å²) < 4.78 is 13.6. The van der Waals surface area contributed by atoms with Gasteiger partial charge in [-0.1, -0.05) is 19.4 Å². The Morgan fingerprint density at radius 2 is 2.24 bits per heavy atom. The highest BCUT2D eigenvalue weighted by Crippen LogP contribution is 2.33. The number of fused-ring (bicyclic) bond motifs is 1. The van der Waals surface area contributed by atoms with E-state index < -0.39 is 6.04 Å². The lowest BCUT2D eigenvalue weighted by Gasteiger charge is -2.11. The molecule has 3 nitrogen and oxygen atoms in total. The van der Waals surface area contributed by atoms with Gasteiger partial charge in [0, 0.05) is 5.56 Å². The van der Waals surface area contributed by atoms with E-state index in [0.717, 1.165) is 30.5 Å². The first kappa shape index (κ1) is 12.0. The molecular formula is C13H17FN2O. The second kappa shape index (κ2) is 4.84. The molecule has 1 aliphatic rings.